The molecule has 0 aromatic rings. The molecule has 0 amide bonds. The molecule has 0 fully saturated rings. The number of ketones is 1. The van der Waals surface area contributed by atoms with Crippen LogP contribution in [0, 0.1) is 0 Å². The van der Waals surface area contributed by atoms with Gasteiger partial charge in [0.25, 0.3) is 8.32 Å². The first-order valence-electron chi connectivity index (χ1n) is 3.61. The third kappa shape index (κ3) is 9.36. The molecule has 0 bridgehead atoms. The molecule has 64 valence electrons. The van der Waals surface area contributed by atoms with Crippen LogP contribution in [0.15, 0.2) is 5.16 Å². The predicted octanol–water partition coefficient (Wildman–Crippen LogP) is 1.80. The summed E-state index contributed by atoms with van der Waals surface area (Å²) >= 11 is 0. The lowest BCUT2D eigenvalue weighted by Gasteiger charge is -2.11. The van der Waals surface area contributed by atoms with Crippen LogP contribution in [-0.4, -0.2) is 20.3 Å². The van der Waals surface area contributed by atoms with E-state index in [0.717, 1.165) is 0 Å². The lowest BCUT2D eigenvalue weighted by atomic mass is 10.3. The summed E-state index contributed by atoms with van der Waals surface area (Å²) < 4.78 is 5.14. The van der Waals surface area contributed by atoms with Gasteiger partial charge in [-0.3, -0.25) is 4.79 Å². The van der Waals surface area contributed by atoms with Crippen LogP contribution in [0.5, 0.6) is 0 Å². The van der Waals surface area contributed by atoms with E-state index in [4.69, 9.17) is 4.53 Å². The van der Waals surface area contributed by atoms with Crippen molar-refractivity contribution < 1.29 is 9.32 Å². The van der Waals surface area contributed by atoms with Gasteiger partial charge in [0.1, 0.15) is 5.78 Å². The maximum atomic E-state index is 10.4. The van der Waals surface area contributed by atoms with Gasteiger partial charge in [0.15, 0.2) is 0 Å². The summed E-state index contributed by atoms with van der Waals surface area (Å²) in [6.07, 6.45) is 1.88. The average Bonchev–Trinajstić information content (AvgIpc) is 1.78. The molecule has 0 saturated carbocycles. The van der Waals surface area contributed by atoms with E-state index in [0.29, 0.717) is 6.42 Å². The molecular weight excluding hydrogens is 158 g/mol. The highest BCUT2D eigenvalue weighted by molar-refractivity contribution is 6.69. The zero-order valence-electron chi connectivity index (χ0n) is 7.55. The van der Waals surface area contributed by atoms with Crippen LogP contribution in [0.3, 0.4) is 0 Å². The Balaban J connectivity index is 3.53. The highest BCUT2D eigenvalue weighted by Gasteiger charge is 2.14. The fourth-order valence-corrected chi connectivity index (χ4v) is 0.752. The van der Waals surface area contributed by atoms with Gasteiger partial charge in [-0.1, -0.05) is 0 Å². The SMILES string of the molecule is CC(=O)CC=NO[Si](C)(C)C. The summed E-state index contributed by atoms with van der Waals surface area (Å²) in [5.41, 5.74) is 0. The molecule has 0 aromatic heterocycles. The quantitative estimate of drug-likeness (QED) is 0.369. The van der Waals surface area contributed by atoms with Crippen LogP contribution in [0.2, 0.25) is 19.6 Å². The number of carbonyl (C=O) groups is 1. The van der Waals surface area contributed by atoms with E-state index in [1.54, 1.807) is 0 Å². The van der Waals surface area contributed by atoms with Crippen molar-refractivity contribution in [1.82, 2.24) is 0 Å². The second-order valence-electron chi connectivity index (χ2n) is 3.40. The van der Waals surface area contributed by atoms with E-state index < -0.39 is 8.32 Å². The molecule has 0 saturated heterocycles. The molecule has 0 radical (unpaired) electrons. The Morgan fingerprint density at radius 1 is 1.55 bits per heavy atom. The number of hydrogen-bond donors (Lipinski definition) is 0. The highest BCUT2D eigenvalue weighted by Crippen LogP contribution is 2.01. The molecule has 11 heavy (non-hydrogen) atoms. The topological polar surface area (TPSA) is 38.7 Å². The first-order valence-corrected chi connectivity index (χ1v) is 7.02. The lowest BCUT2D eigenvalue weighted by Crippen LogP contribution is -2.22. The standard InChI is InChI=1S/C7H15NO2Si/c1-7(9)5-6-8-10-11(2,3)4/h6H,5H2,1-4H3. The Bertz CT molecular complexity index is 160. The van der Waals surface area contributed by atoms with E-state index in [1.165, 1.54) is 13.1 Å². The predicted molar refractivity (Wildman–Crippen MR) is 48.2 cm³/mol. The fraction of sp³-hybridized carbons (Fsp3) is 0.714. The molecular formula is C7H15NO2Si. The number of hydrogen-bond acceptors (Lipinski definition) is 3. The molecule has 0 spiro atoms. The van der Waals surface area contributed by atoms with Crippen molar-refractivity contribution in [3.05, 3.63) is 0 Å². The van der Waals surface area contributed by atoms with E-state index in [-0.39, 0.29) is 5.78 Å². The second kappa shape index (κ2) is 4.28. The minimum atomic E-state index is -1.54. The largest absolute Gasteiger partial charge is 0.456 e. The fourth-order valence-electron chi connectivity index (χ4n) is 0.361. The maximum absolute atomic E-state index is 10.4. The van der Waals surface area contributed by atoms with Crippen LogP contribution in [0.4, 0.5) is 0 Å². The minimum absolute atomic E-state index is 0.105. The Labute approximate surface area is 68.6 Å². The van der Waals surface area contributed by atoms with Gasteiger partial charge in [-0.25, -0.2) is 0 Å². The number of Topliss-reactive ketones (excluding diaryl/α,β-unsaturated/α-hetero) is 1. The minimum Gasteiger partial charge on any atom is -0.456 e. The van der Waals surface area contributed by atoms with E-state index in [2.05, 4.69) is 5.16 Å². The summed E-state index contributed by atoms with van der Waals surface area (Å²) in [4.78, 5) is 10.4. The van der Waals surface area contributed by atoms with Gasteiger partial charge in [0.05, 0.1) is 0 Å². The van der Waals surface area contributed by atoms with Crippen LogP contribution in [0.25, 0.3) is 0 Å². The van der Waals surface area contributed by atoms with Gasteiger partial charge in [-0.15, -0.1) is 5.16 Å². The summed E-state index contributed by atoms with van der Waals surface area (Å²) in [6, 6.07) is 0. The van der Waals surface area contributed by atoms with Gasteiger partial charge in [0, 0.05) is 12.6 Å². The Kier molecular flexibility index (Phi) is 4.03. The molecule has 4 heteroatoms. The molecule has 0 aliphatic rings. The van der Waals surface area contributed by atoms with Crippen LogP contribution < -0.4 is 0 Å². The van der Waals surface area contributed by atoms with E-state index in [9.17, 15) is 4.79 Å². The molecule has 0 rings (SSSR count). The number of nitrogens with zero attached hydrogens (tertiary/aromatic N) is 1. The third-order valence-corrected chi connectivity index (χ3v) is 1.43. The van der Waals surface area contributed by atoms with Gasteiger partial charge < -0.3 is 4.53 Å². The second-order valence-corrected chi connectivity index (χ2v) is 7.81. The normalized spacial score (nSPS) is 12.0. The van der Waals surface area contributed by atoms with Crippen LogP contribution in [-0.2, 0) is 9.32 Å². The Hall–Kier alpha value is -0.643. The van der Waals surface area contributed by atoms with Crippen LogP contribution in [0.1, 0.15) is 13.3 Å². The van der Waals surface area contributed by atoms with Crippen molar-refractivity contribution >= 4 is 20.3 Å². The molecule has 0 aliphatic heterocycles. The van der Waals surface area contributed by atoms with Crippen molar-refractivity contribution in [3.63, 3.8) is 0 Å². The lowest BCUT2D eigenvalue weighted by molar-refractivity contribution is -0.115. The number of carbonyl (C=O) groups excluding carboxylic acids is 1. The van der Waals surface area contributed by atoms with Gasteiger partial charge in [-0.05, 0) is 26.6 Å². The summed E-state index contributed by atoms with van der Waals surface area (Å²) in [5, 5.41) is 3.70. The zero-order valence-corrected chi connectivity index (χ0v) is 8.55. The van der Waals surface area contributed by atoms with E-state index in [1.807, 2.05) is 19.6 Å². The molecule has 0 heterocycles. The molecule has 0 aromatic carbocycles. The highest BCUT2D eigenvalue weighted by atomic mass is 28.4. The van der Waals surface area contributed by atoms with Gasteiger partial charge >= 0.3 is 0 Å². The molecule has 3 nitrogen and oxygen atoms in total. The molecule has 0 atom stereocenters. The molecule has 0 N–H and O–H groups in total. The van der Waals surface area contributed by atoms with Crippen molar-refractivity contribution in [3.8, 4) is 0 Å². The summed E-state index contributed by atoms with van der Waals surface area (Å²) in [5.74, 6) is 0.105. The first kappa shape index (κ1) is 10.4. The van der Waals surface area contributed by atoms with E-state index >= 15 is 0 Å². The van der Waals surface area contributed by atoms with Crippen molar-refractivity contribution in [2.75, 3.05) is 0 Å². The first-order chi connectivity index (χ1) is 4.92. The number of oxime groups is 1. The Morgan fingerprint density at radius 2 is 2.09 bits per heavy atom. The van der Waals surface area contributed by atoms with Gasteiger partial charge in [-0.2, -0.15) is 0 Å². The third-order valence-electron chi connectivity index (χ3n) is 0.780. The number of rotatable bonds is 4. The van der Waals surface area contributed by atoms with Crippen molar-refractivity contribution in [2.24, 2.45) is 5.16 Å². The van der Waals surface area contributed by atoms with Crippen molar-refractivity contribution in [2.45, 2.75) is 33.0 Å². The van der Waals surface area contributed by atoms with Crippen molar-refractivity contribution in [1.29, 1.82) is 0 Å². The van der Waals surface area contributed by atoms with Gasteiger partial charge in [0.2, 0.25) is 0 Å². The molecule has 0 aliphatic carbocycles. The summed E-state index contributed by atoms with van der Waals surface area (Å²) in [6.45, 7) is 7.65. The molecule has 0 unspecified atom stereocenters. The van der Waals surface area contributed by atoms with Crippen LogP contribution >= 0.6 is 0 Å². The average molecular weight is 173 g/mol. The smallest absolute Gasteiger partial charge is 0.278 e. The monoisotopic (exact) mass is 173 g/mol. The summed E-state index contributed by atoms with van der Waals surface area (Å²) in [7, 11) is -1.54. The Morgan fingerprint density at radius 3 is 2.45 bits per heavy atom. The maximum Gasteiger partial charge on any atom is 0.278 e. The zero-order chi connectivity index (χ0) is 8.91.